The van der Waals surface area contributed by atoms with Gasteiger partial charge >= 0.3 is 6.03 Å². The number of rotatable bonds is 2. The van der Waals surface area contributed by atoms with Crippen molar-refractivity contribution in [1.29, 1.82) is 0 Å². The van der Waals surface area contributed by atoms with Crippen molar-refractivity contribution in [3.63, 3.8) is 0 Å². The summed E-state index contributed by atoms with van der Waals surface area (Å²) >= 11 is 0. The minimum absolute atomic E-state index is 0.00163. The van der Waals surface area contributed by atoms with E-state index in [4.69, 9.17) is 24.2 Å². The molecule has 0 radical (unpaired) electrons. The fourth-order valence-corrected chi connectivity index (χ4v) is 3.07. The Kier molecular flexibility index (Phi) is 5.04. The van der Waals surface area contributed by atoms with E-state index in [1.54, 1.807) is 14.2 Å². The van der Waals surface area contributed by atoms with Crippen molar-refractivity contribution in [2.75, 3.05) is 20.8 Å². The Morgan fingerprint density at radius 1 is 1.12 bits per heavy atom. The molecule has 0 saturated heterocycles. The third-order valence-corrected chi connectivity index (χ3v) is 4.30. The first-order chi connectivity index (χ1) is 12.6. The predicted molar refractivity (Wildman–Crippen MR) is 92.1 cm³/mol. The van der Waals surface area contributed by atoms with Gasteiger partial charge in [-0.3, -0.25) is 5.21 Å². The van der Waals surface area contributed by atoms with Crippen LogP contribution >= 0.6 is 0 Å². The Labute approximate surface area is 150 Å². The Morgan fingerprint density at radius 3 is 2.27 bits per heavy atom. The topological polar surface area (TPSA) is 112 Å². The maximum atomic E-state index is 9.23. The predicted octanol–water partition coefficient (Wildman–Crippen LogP) is 2.36. The van der Waals surface area contributed by atoms with E-state index >= 15 is 0 Å². The first kappa shape index (κ1) is 17.7. The Morgan fingerprint density at radius 2 is 1.69 bits per heavy atom. The molecule has 0 aromatic heterocycles. The van der Waals surface area contributed by atoms with Crippen LogP contribution in [-0.4, -0.2) is 32.1 Å². The van der Waals surface area contributed by atoms with E-state index in [1.165, 1.54) is 11.0 Å². The van der Waals surface area contributed by atoms with Gasteiger partial charge in [-0.2, -0.15) is 0 Å². The van der Waals surface area contributed by atoms with Gasteiger partial charge in [0.1, 0.15) is 29.1 Å². The normalized spacial score (nSPS) is 18.6. The number of hydroxylamine groups is 1. The summed E-state index contributed by atoms with van der Waals surface area (Å²) in [6.45, 7) is 0.615. The maximum Gasteiger partial charge on any atom is 0.335 e. The van der Waals surface area contributed by atoms with Crippen LogP contribution in [0.15, 0.2) is 36.4 Å². The van der Waals surface area contributed by atoms with Crippen molar-refractivity contribution in [3.8, 4) is 23.0 Å². The molecule has 8 nitrogen and oxygen atoms in total. The summed E-state index contributed by atoms with van der Waals surface area (Å²) in [7, 11) is 3.32. The molecule has 0 saturated carbocycles. The lowest BCUT2D eigenvalue weighted by Gasteiger charge is -2.28. The number of urea groups is 1. The van der Waals surface area contributed by atoms with Crippen molar-refractivity contribution < 1.29 is 28.9 Å². The molecule has 2 heterocycles. The molecule has 4 N–H and O–H groups in total. The minimum atomic E-state index is -0.940. The van der Waals surface area contributed by atoms with Gasteiger partial charge in [0.2, 0.25) is 0 Å². The SMILES string of the molecule is COc1ccc2c(c1)OC1c3ccc(OC)cc3OCC21.NC(=O)NO. The third kappa shape index (κ3) is 3.31. The standard InChI is InChI=1S/C17H16O4.CH4N2O2/c1-18-10-4-6-13-15(7-10)20-9-14-12-5-3-11(19-2)8-16(12)21-17(13)14;2-1(4)3-5/h3-8,14,17H,9H2,1-2H3;5H,(H3,2,3,4). The fraction of sp³-hybridized carbons (Fsp3) is 0.278. The number of hydrogen-bond donors (Lipinski definition) is 3. The van der Waals surface area contributed by atoms with Crippen LogP contribution in [0.3, 0.4) is 0 Å². The van der Waals surface area contributed by atoms with Gasteiger partial charge in [0, 0.05) is 23.3 Å². The van der Waals surface area contributed by atoms with E-state index in [2.05, 4.69) is 11.8 Å². The molecule has 2 aromatic rings. The van der Waals surface area contributed by atoms with Crippen molar-refractivity contribution in [2.24, 2.45) is 5.73 Å². The molecular formula is C18H20N2O6. The number of nitrogens with one attached hydrogen (secondary N) is 1. The Bertz CT molecular complexity index is 810. The molecule has 2 aliphatic rings. The number of amides is 2. The van der Waals surface area contributed by atoms with Gasteiger partial charge < -0.3 is 24.7 Å². The Balaban J connectivity index is 0.000000349. The summed E-state index contributed by atoms with van der Waals surface area (Å²) in [6.07, 6.45) is 0.00163. The lowest BCUT2D eigenvalue weighted by Crippen LogP contribution is -2.25. The Hall–Kier alpha value is -3.13. The number of fused-ring (bicyclic) bond motifs is 5. The van der Waals surface area contributed by atoms with Crippen LogP contribution in [0.4, 0.5) is 4.79 Å². The highest BCUT2D eigenvalue weighted by atomic mass is 16.5. The van der Waals surface area contributed by atoms with Crippen LogP contribution in [0.5, 0.6) is 23.0 Å². The lowest BCUT2D eigenvalue weighted by molar-refractivity contribution is 0.139. The van der Waals surface area contributed by atoms with Crippen LogP contribution in [-0.2, 0) is 0 Å². The summed E-state index contributed by atoms with van der Waals surface area (Å²) < 4.78 is 22.6. The number of ether oxygens (including phenoxy) is 4. The number of primary amides is 1. The molecule has 26 heavy (non-hydrogen) atoms. The van der Waals surface area contributed by atoms with Crippen molar-refractivity contribution in [1.82, 2.24) is 5.48 Å². The van der Waals surface area contributed by atoms with Crippen LogP contribution < -0.4 is 30.2 Å². The van der Waals surface area contributed by atoms with Gasteiger partial charge in [0.25, 0.3) is 0 Å². The summed E-state index contributed by atoms with van der Waals surface area (Å²) in [5, 5.41) is 7.42. The molecule has 8 heteroatoms. The van der Waals surface area contributed by atoms with Crippen molar-refractivity contribution in [2.45, 2.75) is 12.0 Å². The van der Waals surface area contributed by atoms with E-state index in [0.29, 0.717) is 6.61 Å². The van der Waals surface area contributed by atoms with Crippen molar-refractivity contribution in [3.05, 3.63) is 47.5 Å². The molecule has 2 amide bonds. The largest absolute Gasteiger partial charge is 0.497 e. The van der Waals surface area contributed by atoms with Crippen LogP contribution in [0.2, 0.25) is 0 Å². The first-order valence-electron chi connectivity index (χ1n) is 7.92. The minimum Gasteiger partial charge on any atom is -0.497 e. The van der Waals surface area contributed by atoms with Crippen LogP contribution in [0.1, 0.15) is 23.1 Å². The van der Waals surface area contributed by atoms with E-state index in [1.807, 2.05) is 30.3 Å². The van der Waals surface area contributed by atoms with Gasteiger partial charge in [-0.05, 0) is 18.2 Å². The maximum absolute atomic E-state index is 9.23. The molecule has 4 rings (SSSR count). The quantitative estimate of drug-likeness (QED) is 0.560. The van der Waals surface area contributed by atoms with Gasteiger partial charge in [-0.15, -0.1) is 0 Å². The number of benzene rings is 2. The lowest BCUT2D eigenvalue weighted by atomic mass is 9.89. The molecule has 2 aromatic carbocycles. The fourth-order valence-electron chi connectivity index (χ4n) is 3.07. The van der Waals surface area contributed by atoms with Gasteiger partial charge in [-0.25, -0.2) is 10.3 Å². The van der Waals surface area contributed by atoms with E-state index in [9.17, 15) is 4.79 Å². The molecular weight excluding hydrogens is 340 g/mol. The van der Waals surface area contributed by atoms with Crippen LogP contribution in [0, 0.1) is 0 Å². The van der Waals surface area contributed by atoms with E-state index in [-0.39, 0.29) is 12.0 Å². The van der Waals surface area contributed by atoms with E-state index in [0.717, 1.165) is 28.6 Å². The first-order valence-corrected chi connectivity index (χ1v) is 7.92. The summed E-state index contributed by atoms with van der Waals surface area (Å²) in [5.41, 5.74) is 7.71. The van der Waals surface area contributed by atoms with E-state index < -0.39 is 6.03 Å². The molecule has 0 fully saturated rings. The van der Waals surface area contributed by atoms with Gasteiger partial charge in [0.05, 0.1) is 26.7 Å². The zero-order valence-electron chi connectivity index (χ0n) is 14.4. The third-order valence-electron chi connectivity index (χ3n) is 4.30. The zero-order valence-corrected chi connectivity index (χ0v) is 14.4. The molecule has 138 valence electrons. The smallest absolute Gasteiger partial charge is 0.335 e. The molecule has 0 spiro atoms. The van der Waals surface area contributed by atoms with Gasteiger partial charge in [-0.1, -0.05) is 6.07 Å². The number of carbonyl (C=O) groups excluding carboxylic acids is 1. The number of carbonyl (C=O) groups is 1. The molecule has 2 aliphatic heterocycles. The highest BCUT2D eigenvalue weighted by molar-refractivity contribution is 5.69. The highest BCUT2D eigenvalue weighted by Crippen LogP contribution is 2.52. The second-order valence-corrected chi connectivity index (χ2v) is 5.74. The second-order valence-electron chi connectivity index (χ2n) is 5.74. The second kappa shape index (κ2) is 7.40. The summed E-state index contributed by atoms with van der Waals surface area (Å²) in [5.74, 6) is 3.56. The molecule has 0 aliphatic carbocycles. The molecule has 2 atom stereocenters. The number of methoxy groups -OCH3 is 2. The average Bonchev–Trinajstić information content (AvgIpc) is 3.05. The average molecular weight is 360 g/mol. The van der Waals surface area contributed by atoms with Crippen molar-refractivity contribution >= 4 is 6.03 Å². The monoisotopic (exact) mass is 360 g/mol. The summed E-state index contributed by atoms with van der Waals surface area (Å²) in [6, 6.07) is 10.9. The molecule has 0 bridgehead atoms. The highest BCUT2D eigenvalue weighted by Gasteiger charge is 2.40. The number of hydrogen-bond acceptors (Lipinski definition) is 6. The van der Waals surface area contributed by atoms with Gasteiger partial charge in [0.15, 0.2) is 0 Å². The summed E-state index contributed by atoms with van der Waals surface area (Å²) in [4.78, 5) is 9.23. The molecule has 2 unspecified atom stereocenters. The number of nitrogens with two attached hydrogens (primary N) is 1. The zero-order chi connectivity index (χ0) is 18.7. The van der Waals surface area contributed by atoms with Crippen LogP contribution in [0.25, 0.3) is 0 Å².